The van der Waals surface area contributed by atoms with Crippen LogP contribution in [0.15, 0.2) is 24.3 Å². The molecule has 0 aliphatic carbocycles. The fraction of sp³-hybridized carbons (Fsp3) is 0.500. The molecule has 0 spiro atoms. The minimum absolute atomic E-state index is 0.0271. The van der Waals surface area contributed by atoms with Crippen LogP contribution in [0.4, 0.5) is 5.69 Å². The van der Waals surface area contributed by atoms with Crippen molar-refractivity contribution in [2.75, 3.05) is 11.9 Å². The molecule has 5 nitrogen and oxygen atoms in total. The van der Waals surface area contributed by atoms with E-state index in [0.717, 1.165) is 11.3 Å². The molecule has 3 N–H and O–H groups in total. The number of benzene rings is 1. The first kappa shape index (κ1) is 17.2. The molecule has 21 heavy (non-hydrogen) atoms. The average Bonchev–Trinajstić information content (AvgIpc) is 2.43. The van der Waals surface area contributed by atoms with Gasteiger partial charge in [-0.05, 0) is 44.5 Å². The van der Waals surface area contributed by atoms with Crippen molar-refractivity contribution < 1.29 is 9.59 Å². The van der Waals surface area contributed by atoms with Gasteiger partial charge in [0.2, 0.25) is 11.8 Å². The monoisotopic (exact) mass is 291 g/mol. The van der Waals surface area contributed by atoms with Crippen LogP contribution < -0.4 is 11.1 Å². The highest BCUT2D eigenvalue weighted by Gasteiger charge is 2.12. The van der Waals surface area contributed by atoms with Gasteiger partial charge in [0.25, 0.3) is 0 Å². The molecule has 116 valence electrons. The van der Waals surface area contributed by atoms with E-state index in [-0.39, 0.29) is 17.9 Å². The van der Waals surface area contributed by atoms with Gasteiger partial charge in [0.1, 0.15) is 0 Å². The number of hydrogen-bond donors (Lipinski definition) is 2. The third-order valence-electron chi connectivity index (χ3n) is 3.23. The Hall–Kier alpha value is -1.88. The normalized spacial score (nSPS) is 10.5. The molecule has 0 fully saturated rings. The van der Waals surface area contributed by atoms with E-state index in [1.54, 1.807) is 11.8 Å². The van der Waals surface area contributed by atoms with Crippen LogP contribution in [0.2, 0.25) is 0 Å². The number of rotatable bonds is 7. The van der Waals surface area contributed by atoms with Gasteiger partial charge in [-0.1, -0.05) is 12.1 Å². The quantitative estimate of drug-likeness (QED) is 0.808. The Balaban J connectivity index is 2.61. The third-order valence-corrected chi connectivity index (χ3v) is 3.23. The summed E-state index contributed by atoms with van der Waals surface area (Å²) in [5, 5.41) is 2.83. The highest BCUT2D eigenvalue weighted by Crippen LogP contribution is 2.13. The van der Waals surface area contributed by atoms with E-state index in [1.165, 1.54) is 0 Å². The van der Waals surface area contributed by atoms with E-state index in [1.807, 2.05) is 38.1 Å². The molecule has 0 radical (unpaired) electrons. The molecule has 0 unspecified atom stereocenters. The largest absolute Gasteiger partial charge is 0.336 e. The van der Waals surface area contributed by atoms with Gasteiger partial charge in [0.15, 0.2) is 0 Å². The van der Waals surface area contributed by atoms with E-state index < -0.39 is 0 Å². The van der Waals surface area contributed by atoms with Crippen LogP contribution in [0, 0.1) is 0 Å². The number of carbonyl (C=O) groups is 2. The van der Waals surface area contributed by atoms with Gasteiger partial charge < -0.3 is 16.0 Å². The zero-order valence-corrected chi connectivity index (χ0v) is 13.1. The molecular formula is C16H25N3O2. The standard InChI is InChI=1S/C16H25N3O2/c1-12(2)19(13(3)20)11-14-6-8-15(9-7-14)18-16(21)5-4-10-17/h6-9,12H,4-5,10-11,17H2,1-3H3,(H,18,21). The van der Waals surface area contributed by atoms with E-state index in [9.17, 15) is 9.59 Å². The SMILES string of the molecule is CC(=O)N(Cc1ccc(NC(=O)CCCN)cc1)C(C)C. The average molecular weight is 291 g/mol. The van der Waals surface area contributed by atoms with Gasteiger partial charge in [-0.15, -0.1) is 0 Å². The van der Waals surface area contributed by atoms with Crippen LogP contribution in [0.3, 0.4) is 0 Å². The Kier molecular flexibility index (Phi) is 6.88. The number of nitrogens with zero attached hydrogens (tertiary/aromatic N) is 1. The van der Waals surface area contributed by atoms with Gasteiger partial charge in [-0.25, -0.2) is 0 Å². The molecule has 0 bridgehead atoms. The number of nitrogens with one attached hydrogen (secondary N) is 1. The fourth-order valence-electron chi connectivity index (χ4n) is 2.03. The smallest absolute Gasteiger partial charge is 0.224 e. The van der Waals surface area contributed by atoms with Crippen LogP contribution in [0.5, 0.6) is 0 Å². The maximum absolute atomic E-state index is 11.6. The van der Waals surface area contributed by atoms with E-state index in [2.05, 4.69) is 5.32 Å². The Bertz CT molecular complexity index is 469. The van der Waals surface area contributed by atoms with Gasteiger partial charge in [0.05, 0.1) is 0 Å². The van der Waals surface area contributed by atoms with Crippen molar-refractivity contribution in [3.63, 3.8) is 0 Å². The molecule has 0 saturated carbocycles. The van der Waals surface area contributed by atoms with Crippen molar-refractivity contribution >= 4 is 17.5 Å². The summed E-state index contributed by atoms with van der Waals surface area (Å²) < 4.78 is 0. The van der Waals surface area contributed by atoms with Crippen LogP contribution in [-0.4, -0.2) is 29.3 Å². The lowest BCUT2D eigenvalue weighted by atomic mass is 10.1. The van der Waals surface area contributed by atoms with Crippen LogP contribution >= 0.6 is 0 Å². The lowest BCUT2D eigenvalue weighted by molar-refractivity contribution is -0.131. The highest BCUT2D eigenvalue weighted by atomic mass is 16.2. The predicted molar refractivity (Wildman–Crippen MR) is 84.7 cm³/mol. The minimum atomic E-state index is -0.0271. The van der Waals surface area contributed by atoms with E-state index >= 15 is 0 Å². The Morgan fingerprint density at radius 1 is 1.24 bits per heavy atom. The number of hydrogen-bond acceptors (Lipinski definition) is 3. The molecule has 0 aromatic heterocycles. The summed E-state index contributed by atoms with van der Waals surface area (Å²) in [6.07, 6.45) is 1.12. The molecule has 2 amide bonds. The van der Waals surface area contributed by atoms with Gasteiger partial charge in [-0.2, -0.15) is 0 Å². The number of amides is 2. The van der Waals surface area contributed by atoms with Crippen LogP contribution in [0.1, 0.15) is 39.2 Å². The first-order valence-electron chi connectivity index (χ1n) is 7.30. The summed E-state index contributed by atoms with van der Waals surface area (Å²) in [7, 11) is 0. The molecule has 0 aliphatic heterocycles. The second-order valence-corrected chi connectivity index (χ2v) is 5.38. The molecule has 1 aromatic rings. The van der Waals surface area contributed by atoms with E-state index in [0.29, 0.717) is 25.9 Å². The number of nitrogens with two attached hydrogens (primary N) is 1. The Labute approximate surface area is 126 Å². The zero-order valence-electron chi connectivity index (χ0n) is 13.1. The van der Waals surface area contributed by atoms with Crippen molar-refractivity contribution in [1.82, 2.24) is 4.90 Å². The molecule has 0 aliphatic rings. The highest BCUT2D eigenvalue weighted by molar-refractivity contribution is 5.90. The number of anilines is 1. The Morgan fingerprint density at radius 2 is 1.86 bits per heavy atom. The van der Waals surface area contributed by atoms with Crippen molar-refractivity contribution in [1.29, 1.82) is 0 Å². The summed E-state index contributed by atoms with van der Waals surface area (Å²) in [6.45, 7) is 6.66. The molecule has 0 atom stereocenters. The van der Waals surface area contributed by atoms with Crippen molar-refractivity contribution in [3.05, 3.63) is 29.8 Å². The lowest BCUT2D eigenvalue weighted by Gasteiger charge is -2.25. The maximum atomic E-state index is 11.6. The van der Waals surface area contributed by atoms with Gasteiger partial charge in [-0.3, -0.25) is 9.59 Å². The van der Waals surface area contributed by atoms with Crippen molar-refractivity contribution in [2.45, 2.75) is 46.2 Å². The second kappa shape index (κ2) is 8.42. The molecule has 5 heteroatoms. The van der Waals surface area contributed by atoms with Gasteiger partial charge >= 0.3 is 0 Å². The Morgan fingerprint density at radius 3 is 2.33 bits per heavy atom. The zero-order chi connectivity index (χ0) is 15.8. The summed E-state index contributed by atoms with van der Waals surface area (Å²) in [6, 6.07) is 7.73. The molecule has 0 heterocycles. The van der Waals surface area contributed by atoms with E-state index in [4.69, 9.17) is 5.73 Å². The third kappa shape index (κ3) is 5.95. The predicted octanol–water partition coefficient (Wildman–Crippen LogP) is 2.12. The summed E-state index contributed by atoms with van der Waals surface area (Å²) in [5.41, 5.74) is 7.18. The molecule has 1 aromatic carbocycles. The molecular weight excluding hydrogens is 266 g/mol. The van der Waals surface area contributed by atoms with Crippen molar-refractivity contribution in [3.8, 4) is 0 Å². The first-order chi connectivity index (χ1) is 9.93. The summed E-state index contributed by atoms with van der Waals surface area (Å²) >= 11 is 0. The topological polar surface area (TPSA) is 75.4 Å². The minimum Gasteiger partial charge on any atom is -0.336 e. The molecule has 0 saturated heterocycles. The summed E-state index contributed by atoms with van der Waals surface area (Å²) in [5.74, 6) is 0.0323. The first-order valence-corrected chi connectivity index (χ1v) is 7.30. The fourth-order valence-corrected chi connectivity index (χ4v) is 2.03. The van der Waals surface area contributed by atoms with Crippen LogP contribution in [0.25, 0.3) is 0 Å². The lowest BCUT2D eigenvalue weighted by Crippen LogP contribution is -2.34. The van der Waals surface area contributed by atoms with Crippen LogP contribution in [-0.2, 0) is 16.1 Å². The number of carbonyl (C=O) groups excluding carboxylic acids is 2. The maximum Gasteiger partial charge on any atom is 0.224 e. The molecule has 1 rings (SSSR count). The summed E-state index contributed by atoms with van der Waals surface area (Å²) in [4.78, 5) is 25.0. The second-order valence-electron chi connectivity index (χ2n) is 5.38. The van der Waals surface area contributed by atoms with Crippen molar-refractivity contribution in [2.24, 2.45) is 5.73 Å². The van der Waals surface area contributed by atoms with Gasteiger partial charge in [0, 0.05) is 31.6 Å².